The fourth-order valence-electron chi connectivity index (χ4n) is 1.47. The molecular formula is C13H20Cl2N2O. The Hall–Kier alpha value is -0.770. The molecule has 0 aliphatic heterocycles. The minimum absolute atomic E-state index is 0. The number of hydrogen-bond donors (Lipinski definition) is 2. The number of nitrogens with one attached hydrogen (secondary N) is 1. The first-order chi connectivity index (χ1) is 7.87. The molecule has 18 heavy (non-hydrogen) atoms. The van der Waals surface area contributed by atoms with Crippen LogP contribution in [0.5, 0.6) is 0 Å². The van der Waals surface area contributed by atoms with E-state index in [1.165, 1.54) is 0 Å². The highest BCUT2D eigenvalue weighted by atomic mass is 35.5. The summed E-state index contributed by atoms with van der Waals surface area (Å²) in [5.74, 6) is -0.0438. The Bertz CT molecular complexity index is 408. The topological polar surface area (TPSA) is 55.1 Å². The Morgan fingerprint density at radius 1 is 1.50 bits per heavy atom. The maximum atomic E-state index is 12.1. The first-order valence-electron chi connectivity index (χ1n) is 5.65. The van der Waals surface area contributed by atoms with E-state index in [1.54, 1.807) is 6.07 Å². The van der Waals surface area contributed by atoms with Gasteiger partial charge < -0.3 is 11.1 Å². The lowest BCUT2D eigenvalue weighted by Crippen LogP contribution is -2.46. The summed E-state index contributed by atoms with van der Waals surface area (Å²) < 4.78 is 0. The smallest absolute Gasteiger partial charge is 0.230 e. The average Bonchev–Trinajstić information content (AvgIpc) is 2.28. The Kier molecular flexibility index (Phi) is 6.68. The molecule has 0 fully saturated rings. The van der Waals surface area contributed by atoms with Crippen molar-refractivity contribution in [3.05, 3.63) is 34.9 Å². The van der Waals surface area contributed by atoms with Gasteiger partial charge in [-0.2, -0.15) is 0 Å². The second-order valence-corrected chi connectivity index (χ2v) is 5.18. The maximum absolute atomic E-state index is 12.1. The zero-order valence-corrected chi connectivity index (χ0v) is 12.4. The van der Waals surface area contributed by atoms with E-state index in [-0.39, 0.29) is 24.4 Å². The third-order valence-corrected chi connectivity index (χ3v) is 3.08. The molecule has 0 unspecified atom stereocenters. The van der Waals surface area contributed by atoms with Gasteiger partial charge in [-0.3, -0.25) is 4.79 Å². The summed E-state index contributed by atoms with van der Waals surface area (Å²) >= 11 is 5.94. The zero-order valence-electron chi connectivity index (χ0n) is 10.9. The fraction of sp³-hybridized carbons (Fsp3) is 0.462. The van der Waals surface area contributed by atoms with Crippen molar-refractivity contribution in [1.29, 1.82) is 0 Å². The van der Waals surface area contributed by atoms with Crippen LogP contribution in [0.4, 0.5) is 0 Å². The van der Waals surface area contributed by atoms with Crippen LogP contribution in [-0.2, 0) is 10.2 Å². The SMILES string of the molecule is C[C@@H](CN)NC(=O)C(C)(C)c1cccc(Cl)c1.Cl. The number of nitrogens with two attached hydrogens (primary N) is 1. The third-order valence-electron chi connectivity index (χ3n) is 2.85. The first kappa shape index (κ1) is 17.2. The summed E-state index contributed by atoms with van der Waals surface area (Å²) in [5.41, 5.74) is 5.77. The highest BCUT2D eigenvalue weighted by Crippen LogP contribution is 2.25. The predicted octanol–water partition coefficient (Wildman–Crippen LogP) is 2.50. The van der Waals surface area contributed by atoms with E-state index in [1.807, 2.05) is 39.0 Å². The number of amides is 1. The summed E-state index contributed by atoms with van der Waals surface area (Å²) in [6, 6.07) is 7.33. The molecule has 0 radical (unpaired) electrons. The summed E-state index contributed by atoms with van der Waals surface area (Å²) in [7, 11) is 0. The van der Waals surface area contributed by atoms with Crippen LogP contribution in [0, 0.1) is 0 Å². The van der Waals surface area contributed by atoms with Crippen molar-refractivity contribution in [3.8, 4) is 0 Å². The van der Waals surface area contributed by atoms with Crippen molar-refractivity contribution in [2.75, 3.05) is 6.54 Å². The lowest BCUT2D eigenvalue weighted by Gasteiger charge is -2.26. The predicted molar refractivity (Wildman–Crippen MR) is 78.4 cm³/mol. The molecule has 0 aliphatic carbocycles. The van der Waals surface area contributed by atoms with Crippen LogP contribution >= 0.6 is 24.0 Å². The van der Waals surface area contributed by atoms with Crippen molar-refractivity contribution in [1.82, 2.24) is 5.32 Å². The first-order valence-corrected chi connectivity index (χ1v) is 6.02. The minimum Gasteiger partial charge on any atom is -0.352 e. The monoisotopic (exact) mass is 290 g/mol. The standard InChI is InChI=1S/C13H19ClN2O.ClH/c1-9(8-15)16-12(17)13(2,3)10-5-4-6-11(14)7-10;/h4-7,9H,8,15H2,1-3H3,(H,16,17);1H/t9-;/m0./s1. The van der Waals surface area contributed by atoms with E-state index in [0.717, 1.165) is 5.56 Å². The largest absolute Gasteiger partial charge is 0.352 e. The molecule has 0 saturated heterocycles. The van der Waals surface area contributed by atoms with Gasteiger partial charge in [0.25, 0.3) is 0 Å². The average molecular weight is 291 g/mol. The summed E-state index contributed by atoms with van der Waals surface area (Å²) in [4.78, 5) is 12.1. The quantitative estimate of drug-likeness (QED) is 0.895. The van der Waals surface area contributed by atoms with Gasteiger partial charge in [0, 0.05) is 17.6 Å². The van der Waals surface area contributed by atoms with Crippen LogP contribution in [0.25, 0.3) is 0 Å². The van der Waals surface area contributed by atoms with E-state index in [4.69, 9.17) is 17.3 Å². The van der Waals surface area contributed by atoms with Gasteiger partial charge in [-0.15, -0.1) is 12.4 Å². The van der Waals surface area contributed by atoms with Crippen molar-refractivity contribution in [3.63, 3.8) is 0 Å². The molecule has 0 saturated carbocycles. The molecular weight excluding hydrogens is 271 g/mol. The van der Waals surface area contributed by atoms with Gasteiger partial charge in [0.2, 0.25) is 5.91 Å². The molecule has 0 aliphatic rings. The van der Waals surface area contributed by atoms with Gasteiger partial charge in [0.15, 0.2) is 0 Å². The molecule has 0 heterocycles. The van der Waals surface area contributed by atoms with E-state index in [2.05, 4.69) is 5.32 Å². The molecule has 102 valence electrons. The van der Waals surface area contributed by atoms with E-state index >= 15 is 0 Å². The number of carbonyl (C=O) groups is 1. The summed E-state index contributed by atoms with van der Waals surface area (Å²) in [6.07, 6.45) is 0. The molecule has 1 amide bonds. The van der Waals surface area contributed by atoms with Crippen LogP contribution in [0.1, 0.15) is 26.3 Å². The molecule has 1 aromatic carbocycles. The molecule has 1 aromatic rings. The molecule has 1 atom stereocenters. The van der Waals surface area contributed by atoms with Gasteiger partial charge in [-0.1, -0.05) is 23.7 Å². The van der Waals surface area contributed by atoms with Gasteiger partial charge >= 0.3 is 0 Å². The Morgan fingerprint density at radius 2 is 2.11 bits per heavy atom. The highest BCUT2D eigenvalue weighted by Gasteiger charge is 2.30. The number of rotatable bonds is 4. The lowest BCUT2D eigenvalue weighted by atomic mass is 9.83. The molecule has 0 spiro atoms. The zero-order chi connectivity index (χ0) is 13.1. The second kappa shape index (κ2) is 6.98. The Morgan fingerprint density at radius 3 is 2.61 bits per heavy atom. The Balaban J connectivity index is 0.00000289. The number of halogens is 2. The molecule has 1 rings (SSSR count). The van der Waals surface area contributed by atoms with E-state index in [9.17, 15) is 4.79 Å². The highest BCUT2D eigenvalue weighted by molar-refractivity contribution is 6.30. The van der Waals surface area contributed by atoms with Crippen molar-refractivity contribution in [2.24, 2.45) is 5.73 Å². The molecule has 0 bridgehead atoms. The summed E-state index contributed by atoms with van der Waals surface area (Å²) in [6.45, 7) is 6.05. The molecule has 5 heteroatoms. The lowest BCUT2D eigenvalue weighted by molar-refractivity contribution is -0.126. The molecule has 3 N–H and O–H groups in total. The third kappa shape index (κ3) is 4.16. The summed E-state index contributed by atoms with van der Waals surface area (Å²) in [5, 5.41) is 3.52. The van der Waals surface area contributed by atoms with Gasteiger partial charge in [-0.05, 0) is 38.5 Å². The van der Waals surface area contributed by atoms with Gasteiger partial charge in [0.1, 0.15) is 0 Å². The number of hydrogen-bond acceptors (Lipinski definition) is 2. The molecule has 0 aromatic heterocycles. The van der Waals surface area contributed by atoms with Crippen molar-refractivity contribution >= 4 is 29.9 Å². The van der Waals surface area contributed by atoms with Crippen molar-refractivity contribution < 1.29 is 4.79 Å². The minimum atomic E-state index is -0.617. The Labute approximate surface area is 119 Å². The maximum Gasteiger partial charge on any atom is 0.230 e. The van der Waals surface area contributed by atoms with Crippen molar-refractivity contribution in [2.45, 2.75) is 32.2 Å². The van der Waals surface area contributed by atoms with Crippen LogP contribution in [0.15, 0.2) is 24.3 Å². The fourth-order valence-corrected chi connectivity index (χ4v) is 1.66. The second-order valence-electron chi connectivity index (χ2n) is 4.75. The van der Waals surface area contributed by atoms with Crippen LogP contribution in [0.3, 0.4) is 0 Å². The van der Waals surface area contributed by atoms with E-state index in [0.29, 0.717) is 11.6 Å². The number of carbonyl (C=O) groups excluding carboxylic acids is 1. The number of benzene rings is 1. The normalized spacial score (nSPS) is 12.5. The van der Waals surface area contributed by atoms with Crippen LogP contribution in [0.2, 0.25) is 5.02 Å². The molecule has 3 nitrogen and oxygen atoms in total. The van der Waals surface area contributed by atoms with E-state index < -0.39 is 5.41 Å². The van der Waals surface area contributed by atoms with Gasteiger partial charge in [-0.25, -0.2) is 0 Å². The van der Waals surface area contributed by atoms with Gasteiger partial charge in [0.05, 0.1) is 5.41 Å². The van der Waals surface area contributed by atoms with Crippen LogP contribution < -0.4 is 11.1 Å². The van der Waals surface area contributed by atoms with Crippen LogP contribution in [-0.4, -0.2) is 18.5 Å².